The molecule has 0 saturated carbocycles. The Labute approximate surface area is 155 Å². The van der Waals surface area contributed by atoms with Crippen molar-refractivity contribution in [3.63, 3.8) is 0 Å². The lowest BCUT2D eigenvalue weighted by Gasteiger charge is -2.23. The van der Waals surface area contributed by atoms with Crippen LogP contribution in [0.1, 0.15) is 40.6 Å². The molecule has 140 valence electrons. The van der Waals surface area contributed by atoms with Gasteiger partial charge in [0.25, 0.3) is 5.91 Å². The number of benzene rings is 1. The summed E-state index contributed by atoms with van der Waals surface area (Å²) in [5.41, 5.74) is 3.14. The van der Waals surface area contributed by atoms with Crippen molar-refractivity contribution >= 4 is 16.8 Å². The number of aromatic amines is 2. The maximum Gasteiger partial charge on any atom is 0.268 e. The van der Waals surface area contributed by atoms with E-state index < -0.39 is 0 Å². The third-order valence-corrected chi connectivity index (χ3v) is 5.06. The van der Waals surface area contributed by atoms with Gasteiger partial charge in [-0.2, -0.15) is 0 Å². The van der Waals surface area contributed by atoms with Crippen molar-refractivity contribution in [3.8, 4) is 11.5 Å². The average molecular weight is 367 g/mol. The number of ether oxygens (including phenoxy) is 2. The fraction of sp³-hybridized carbons (Fsp3) is 0.300. The third kappa shape index (κ3) is 3.05. The third-order valence-electron chi connectivity index (χ3n) is 5.06. The SMILES string of the molecule is COc1ccc2[nH]c3c(c2c1)CCCC3NC(=O)c1cc(=O)c(OC)c[nH]1. The number of nitrogens with one attached hydrogen (secondary N) is 3. The van der Waals surface area contributed by atoms with Crippen LogP contribution in [0.4, 0.5) is 0 Å². The van der Waals surface area contributed by atoms with E-state index in [1.54, 1.807) is 7.11 Å². The highest BCUT2D eigenvalue weighted by atomic mass is 16.5. The molecule has 4 rings (SSSR count). The number of aryl methyl sites for hydroxylation is 1. The van der Waals surface area contributed by atoms with Crippen LogP contribution >= 0.6 is 0 Å². The Morgan fingerprint density at radius 3 is 2.81 bits per heavy atom. The monoisotopic (exact) mass is 367 g/mol. The van der Waals surface area contributed by atoms with Crippen LogP contribution in [0.15, 0.2) is 35.3 Å². The van der Waals surface area contributed by atoms with Gasteiger partial charge >= 0.3 is 0 Å². The molecular weight excluding hydrogens is 346 g/mol. The number of aromatic nitrogens is 2. The van der Waals surface area contributed by atoms with Crippen LogP contribution in [0.2, 0.25) is 0 Å². The Bertz CT molecular complexity index is 1070. The minimum atomic E-state index is -0.330. The Morgan fingerprint density at radius 2 is 2.07 bits per heavy atom. The zero-order valence-electron chi connectivity index (χ0n) is 15.2. The molecule has 1 aliphatic carbocycles. The van der Waals surface area contributed by atoms with Gasteiger partial charge < -0.3 is 24.8 Å². The molecule has 3 aromatic rings. The van der Waals surface area contributed by atoms with E-state index in [2.05, 4.69) is 15.3 Å². The molecule has 2 heterocycles. The predicted octanol–water partition coefficient (Wildman–Crippen LogP) is 2.68. The lowest BCUT2D eigenvalue weighted by Crippen LogP contribution is -2.32. The van der Waals surface area contributed by atoms with Crippen LogP contribution in [-0.4, -0.2) is 30.1 Å². The summed E-state index contributed by atoms with van der Waals surface area (Å²) in [5, 5.41) is 4.16. The molecule has 1 unspecified atom stereocenters. The lowest BCUT2D eigenvalue weighted by atomic mass is 9.91. The van der Waals surface area contributed by atoms with Crippen LogP contribution in [-0.2, 0) is 6.42 Å². The number of hydrogen-bond donors (Lipinski definition) is 3. The first-order chi connectivity index (χ1) is 13.1. The Balaban J connectivity index is 1.64. The van der Waals surface area contributed by atoms with Crippen molar-refractivity contribution in [1.29, 1.82) is 0 Å². The van der Waals surface area contributed by atoms with Gasteiger partial charge in [-0.25, -0.2) is 0 Å². The number of pyridine rings is 1. The molecule has 3 N–H and O–H groups in total. The Hall–Kier alpha value is -3.22. The average Bonchev–Trinajstić information content (AvgIpc) is 3.06. The maximum atomic E-state index is 12.6. The molecule has 1 aliphatic rings. The quantitative estimate of drug-likeness (QED) is 0.661. The molecule has 27 heavy (non-hydrogen) atoms. The summed E-state index contributed by atoms with van der Waals surface area (Å²) in [6, 6.07) is 7.06. The highest BCUT2D eigenvalue weighted by molar-refractivity contribution is 5.93. The summed E-state index contributed by atoms with van der Waals surface area (Å²) in [7, 11) is 3.07. The molecule has 0 aliphatic heterocycles. The van der Waals surface area contributed by atoms with Crippen molar-refractivity contribution in [3.05, 3.63) is 57.6 Å². The van der Waals surface area contributed by atoms with Gasteiger partial charge in [-0.3, -0.25) is 9.59 Å². The van der Waals surface area contributed by atoms with Crippen LogP contribution < -0.4 is 20.2 Å². The first kappa shape index (κ1) is 17.2. The molecule has 0 bridgehead atoms. The summed E-state index contributed by atoms with van der Waals surface area (Å²) < 4.78 is 10.3. The predicted molar refractivity (Wildman–Crippen MR) is 102 cm³/mol. The standard InChI is InChI=1S/C20H21N3O4/c1-26-11-6-7-14-13(8-11)12-4-3-5-15(19(12)22-14)23-20(25)16-9-17(24)18(27-2)10-21-16/h6-10,15,22H,3-5H2,1-2H3,(H,21,24)(H,23,25). The topological polar surface area (TPSA) is 96.2 Å². The molecular formula is C20H21N3O4. The number of H-pyrrole nitrogens is 2. The second kappa shape index (κ2) is 6.83. The minimum absolute atomic E-state index is 0.134. The zero-order chi connectivity index (χ0) is 19.0. The fourth-order valence-electron chi connectivity index (χ4n) is 3.70. The number of amides is 1. The van der Waals surface area contributed by atoms with Crippen molar-refractivity contribution in [2.75, 3.05) is 14.2 Å². The van der Waals surface area contributed by atoms with Crippen molar-refractivity contribution in [2.45, 2.75) is 25.3 Å². The Kier molecular flexibility index (Phi) is 4.35. The van der Waals surface area contributed by atoms with E-state index in [0.717, 1.165) is 41.6 Å². The molecule has 0 saturated heterocycles. The highest BCUT2D eigenvalue weighted by Gasteiger charge is 2.26. The molecule has 7 nitrogen and oxygen atoms in total. The van der Waals surface area contributed by atoms with Crippen molar-refractivity contribution < 1.29 is 14.3 Å². The van der Waals surface area contributed by atoms with Gasteiger partial charge in [0.05, 0.1) is 20.3 Å². The van der Waals surface area contributed by atoms with E-state index in [0.29, 0.717) is 0 Å². The van der Waals surface area contributed by atoms with Gasteiger partial charge in [-0.05, 0) is 43.0 Å². The normalized spacial score (nSPS) is 16.0. The van der Waals surface area contributed by atoms with Crippen LogP contribution in [0.3, 0.4) is 0 Å². The molecule has 0 radical (unpaired) electrons. The number of fused-ring (bicyclic) bond motifs is 3. The number of carbonyl (C=O) groups is 1. The number of rotatable bonds is 4. The van der Waals surface area contributed by atoms with Gasteiger partial charge in [0.2, 0.25) is 5.43 Å². The van der Waals surface area contributed by atoms with Crippen molar-refractivity contribution in [2.24, 2.45) is 0 Å². The second-order valence-electron chi connectivity index (χ2n) is 6.63. The molecule has 0 fully saturated rings. The van der Waals surface area contributed by atoms with Crippen molar-refractivity contribution in [1.82, 2.24) is 15.3 Å². The smallest absolute Gasteiger partial charge is 0.268 e. The number of hydrogen-bond acceptors (Lipinski definition) is 4. The second-order valence-corrected chi connectivity index (χ2v) is 6.63. The van der Waals surface area contributed by atoms with E-state index in [-0.39, 0.29) is 28.8 Å². The Morgan fingerprint density at radius 1 is 1.22 bits per heavy atom. The van der Waals surface area contributed by atoms with E-state index in [9.17, 15) is 9.59 Å². The van der Waals surface area contributed by atoms with Gasteiger partial charge in [-0.15, -0.1) is 0 Å². The molecule has 1 aromatic carbocycles. The molecule has 7 heteroatoms. The number of methoxy groups -OCH3 is 2. The summed E-state index contributed by atoms with van der Waals surface area (Å²) in [4.78, 5) is 30.8. The van der Waals surface area contributed by atoms with Crippen LogP contribution in [0.25, 0.3) is 10.9 Å². The highest BCUT2D eigenvalue weighted by Crippen LogP contribution is 2.36. The molecule has 1 atom stereocenters. The summed E-state index contributed by atoms with van der Waals surface area (Å²) in [5.74, 6) is 0.672. The summed E-state index contributed by atoms with van der Waals surface area (Å²) in [6.45, 7) is 0. The molecule has 2 aromatic heterocycles. The van der Waals surface area contributed by atoms with Gasteiger partial charge in [0, 0.05) is 28.9 Å². The van der Waals surface area contributed by atoms with Gasteiger partial charge in [0.1, 0.15) is 11.4 Å². The van der Waals surface area contributed by atoms with Crippen LogP contribution in [0, 0.1) is 0 Å². The summed E-state index contributed by atoms with van der Waals surface area (Å²) in [6.07, 6.45) is 4.16. The van der Waals surface area contributed by atoms with E-state index in [1.165, 1.54) is 24.9 Å². The summed E-state index contributed by atoms with van der Waals surface area (Å²) >= 11 is 0. The molecule has 1 amide bonds. The van der Waals surface area contributed by atoms with Gasteiger partial charge in [-0.1, -0.05) is 0 Å². The maximum absolute atomic E-state index is 12.6. The lowest BCUT2D eigenvalue weighted by molar-refractivity contribution is 0.0926. The van der Waals surface area contributed by atoms with E-state index in [4.69, 9.17) is 9.47 Å². The first-order valence-electron chi connectivity index (χ1n) is 8.86. The van der Waals surface area contributed by atoms with Gasteiger partial charge in [0.15, 0.2) is 5.75 Å². The van der Waals surface area contributed by atoms with E-state index >= 15 is 0 Å². The largest absolute Gasteiger partial charge is 0.497 e. The number of carbonyl (C=O) groups excluding carboxylic acids is 1. The fourth-order valence-corrected chi connectivity index (χ4v) is 3.70. The zero-order valence-corrected chi connectivity index (χ0v) is 15.2. The minimum Gasteiger partial charge on any atom is -0.497 e. The van der Waals surface area contributed by atoms with Crippen LogP contribution in [0.5, 0.6) is 11.5 Å². The van der Waals surface area contributed by atoms with E-state index in [1.807, 2.05) is 18.2 Å². The first-order valence-corrected chi connectivity index (χ1v) is 8.86. The molecule has 0 spiro atoms.